The van der Waals surface area contributed by atoms with Gasteiger partial charge in [-0.1, -0.05) is 42.5 Å². The van der Waals surface area contributed by atoms with Gasteiger partial charge in [0.25, 0.3) is 5.91 Å². The Morgan fingerprint density at radius 2 is 1.72 bits per heavy atom. The normalized spacial score (nSPS) is 18.8. The largest absolute Gasteiger partial charge is 0.416 e. The smallest absolute Gasteiger partial charge is 0.331 e. The van der Waals surface area contributed by atoms with Crippen LogP contribution in [0.4, 0.5) is 13.2 Å². The number of hydrogen-bond acceptors (Lipinski definition) is 5. The molecule has 202 valence electrons. The van der Waals surface area contributed by atoms with E-state index < -0.39 is 11.7 Å². The maximum Gasteiger partial charge on any atom is 0.416 e. The van der Waals surface area contributed by atoms with Gasteiger partial charge in [0.1, 0.15) is 11.0 Å². The SMILES string of the molecule is O=C(c1ccc2nonc2c1)N1CCc2ccccc2C1CCN1CCC(c2cccc(C(F)(F)F)c2)CC1. The summed E-state index contributed by atoms with van der Waals surface area (Å²) < 4.78 is 44.3. The summed E-state index contributed by atoms with van der Waals surface area (Å²) in [7, 11) is 0. The zero-order valence-electron chi connectivity index (χ0n) is 21.4. The molecule has 1 aromatic heterocycles. The molecule has 0 saturated carbocycles. The lowest BCUT2D eigenvalue weighted by Gasteiger charge is -2.39. The fourth-order valence-corrected chi connectivity index (χ4v) is 6.05. The number of carbonyl (C=O) groups excluding carboxylic acids is 1. The minimum Gasteiger partial charge on any atom is -0.331 e. The van der Waals surface area contributed by atoms with E-state index in [1.165, 1.54) is 23.3 Å². The molecule has 3 aromatic carbocycles. The predicted octanol–water partition coefficient (Wildman–Crippen LogP) is 6.25. The van der Waals surface area contributed by atoms with Crippen LogP contribution in [0.15, 0.2) is 71.4 Å². The van der Waals surface area contributed by atoms with Crippen LogP contribution in [0.1, 0.15) is 63.8 Å². The number of alkyl halides is 3. The van der Waals surface area contributed by atoms with Gasteiger partial charge >= 0.3 is 6.18 Å². The van der Waals surface area contributed by atoms with Crippen LogP contribution in [0, 0.1) is 0 Å². The molecule has 0 N–H and O–H groups in total. The number of halogens is 3. The van der Waals surface area contributed by atoms with Gasteiger partial charge < -0.3 is 9.80 Å². The number of benzene rings is 3. The number of carbonyl (C=O) groups is 1. The summed E-state index contributed by atoms with van der Waals surface area (Å²) in [4.78, 5) is 18.0. The van der Waals surface area contributed by atoms with Gasteiger partial charge in [0.15, 0.2) is 0 Å². The van der Waals surface area contributed by atoms with Gasteiger partial charge in [-0.15, -0.1) is 0 Å². The maximum atomic E-state index is 13.7. The van der Waals surface area contributed by atoms with Gasteiger partial charge in [0.2, 0.25) is 0 Å². The van der Waals surface area contributed by atoms with Crippen LogP contribution in [0.5, 0.6) is 0 Å². The Labute approximate surface area is 224 Å². The molecule has 1 fully saturated rings. The molecule has 1 saturated heterocycles. The number of rotatable bonds is 5. The summed E-state index contributed by atoms with van der Waals surface area (Å²) in [5.41, 5.74) is 4.36. The summed E-state index contributed by atoms with van der Waals surface area (Å²) >= 11 is 0. The van der Waals surface area contributed by atoms with Crippen molar-refractivity contribution in [1.82, 2.24) is 20.1 Å². The van der Waals surface area contributed by atoms with Crippen LogP contribution in [0.3, 0.4) is 0 Å². The second-order valence-corrected chi connectivity index (χ2v) is 10.5. The number of likely N-dealkylation sites (tertiary alicyclic amines) is 1. The van der Waals surface area contributed by atoms with Crippen LogP contribution in [-0.2, 0) is 12.6 Å². The molecule has 1 atom stereocenters. The first-order valence-corrected chi connectivity index (χ1v) is 13.4. The summed E-state index contributed by atoms with van der Waals surface area (Å²) in [6.45, 7) is 3.08. The van der Waals surface area contributed by atoms with Crippen molar-refractivity contribution >= 4 is 16.9 Å². The molecule has 3 heterocycles. The molecule has 9 heteroatoms. The van der Waals surface area contributed by atoms with Gasteiger partial charge in [-0.05, 0) is 96.0 Å². The van der Waals surface area contributed by atoms with Crippen LogP contribution >= 0.6 is 0 Å². The number of fused-ring (bicyclic) bond motifs is 2. The first kappa shape index (κ1) is 25.6. The van der Waals surface area contributed by atoms with Crippen LogP contribution in [-0.4, -0.2) is 52.2 Å². The third-order valence-electron chi connectivity index (χ3n) is 8.17. The average Bonchev–Trinajstić information content (AvgIpc) is 3.43. The van der Waals surface area contributed by atoms with Crippen LogP contribution in [0.2, 0.25) is 0 Å². The number of hydrogen-bond donors (Lipinski definition) is 0. The highest BCUT2D eigenvalue weighted by Gasteiger charge is 2.33. The Bertz CT molecular complexity index is 1480. The molecule has 0 radical (unpaired) electrons. The highest BCUT2D eigenvalue weighted by molar-refractivity contribution is 5.97. The summed E-state index contributed by atoms with van der Waals surface area (Å²) in [5, 5.41) is 7.72. The fraction of sp³-hybridized carbons (Fsp3) is 0.367. The Balaban J connectivity index is 1.15. The molecule has 6 nitrogen and oxygen atoms in total. The first-order valence-electron chi connectivity index (χ1n) is 13.4. The first-order chi connectivity index (χ1) is 18.9. The highest BCUT2D eigenvalue weighted by Crippen LogP contribution is 2.36. The van der Waals surface area contributed by atoms with Crippen LogP contribution in [0.25, 0.3) is 11.0 Å². The van der Waals surface area contributed by atoms with E-state index in [9.17, 15) is 18.0 Å². The Hall–Kier alpha value is -3.72. The molecule has 4 aromatic rings. The van der Waals surface area contributed by atoms with Crippen molar-refractivity contribution in [2.24, 2.45) is 0 Å². The molecule has 0 spiro atoms. The van der Waals surface area contributed by atoms with Crippen molar-refractivity contribution in [1.29, 1.82) is 0 Å². The second kappa shape index (κ2) is 10.4. The van der Waals surface area contributed by atoms with E-state index >= 15 is 0 Å². The molecule has 0 aliphatic carbocycles. The van der Waals surface area contributed by atoms with Crippen molar-refractivity contribution in [2.75, 3.05) is 26.2 Å². The minimum atomic E-state index is -4.33. The summed E-state index contributed by atoms with van der Waals surface area (Å²) in [6.07, 6.45) is -1.11. The van der Waals surface area contributed by atoms with E-state index in [0.29, 0.717) is 23.1 Å². The molecule has 0 bridgehead atoms. The highest BCUT2D eigenvalue weighted by atomic mass is 19.4. The molecule has 6 rings (SSSR count). The van der Waals surface area contributed by atoms with Gasteiger partial charge in [0.05, 0.1) is 11.6 Å². The third kappa shape index (κ3) is 5.28. The Morgan fingerprint density at radius 1 is 0.923 bits per heavy atom. The van der Waals surface area contributed by atoms with Crippen molar-refractivity contribution in [3.63, 3.8) is 0 Å². The molecule has 1 amide bonds. The molecular weight excluding hydrogens is 505 g/mol. The maximum absolute atomic E-state index is 13.7. The van der Waals surface area contributed by atoms with Gasteiger partial charge in [-0.3, -0.25) is 4.79 Å². The topological polar surface area (TPSA) is 62.5 Å². The van der Waals surface area contributed by atoms with E-state index in [1.54, 1.807) is 18.2 Å². The average molecular weight is 535 g/mol. The minimum absolute atomic E-state index is 0.0392. The zero-order valence-corrected chi connectivity index (χ0v) is 21.4. The van der Waals surface area contributed by atoms with Gasteiger partial charge in [-0.25, -0.2) is 4.63 Å². The van der Waals surface area contributed by atoms with Crippen molar-refractivity contribution in [3.05, 3.63) is 94.5 Å². The van der Waals surface area contributed by atoms with Crippen molar-refractivity contribution in [2.45, 2.75) is 43.8 Å². The van der Waals surface area contributed by atoms with Crippen molar-refractivity contribution < 1.29 is 22.6 Å². The Morgan fingerprint density at radius 3 is 2.54 bits per heavy atom. The molecule has 2 aliphatic rings. The molecular formula is C30H29F3N4O2. The summed E-state index contributed by atoms with van der Waals surface area (Å²) in [6, 6.07) is 19.2. The predicted molar refractivity (Wildman–Crippen MR) is 140 cm³/mol. The van der Waals surface area contributed by atoms with Gasteiger partial charge in [0, 0.05) is 18.7 Å². The van der Waals surface area contributed by atoms with Crippen molar-refractivity contribution in [3.8, 4) is 0 Å². The van der Waals surface area contributed by atoms with E-state index in [2.05, 4.69) is 27.3 Å². The lowest BCUT2D eigenvalue weighted by Crippen LogP contribution is -2.42. The zero-order chi connectivity index (χ0) is 27.0. The van der Waals surface area contributed by atoms with E-state index in [1.807, 2.05) is 23.1 Å². The number of aromatic nitrogens is 2. The number of amides is 1. The monoisotopic (exact) mass is 534 g/mol. The quantitative estimate of drug-likeness (QED) is 0.303. The Kier molecular flexibility index (Phi) is 6.85. The number of piperidine rings is 1. The third-order valence-corrected chi connectivity index (χ3v) is 8.17. The lowest BCUT2D eigenvalue weighted by molar-refractivity contribution is -0.137. The standard InChI is InChI=1S/C30H29F3N4O2/c31-30(32,33)24-6-3-5-22(18-24)20-10-14-36(15-11-20)16-13-28-25-7-2-1-4-21(25)12-17-37(28)29(38)23-8-9-26-27(19-23)35-39-34-26/h1-9,18-20,28H,10-17H2. The fourth-order valence-electron chi connectivity index (χ4n) is 6.05. The van der Waals surface area contributed by atoms with E-state index in [0.717, 1.165) is 56.9 Å². The molecule has 39 heavy (non-hydrogen) atoms. The molecule has 2 aliphatic heterocycles. The second-order valence-electron chi connectivity index (χ2n) is 10.5. The number of nitrogens with zero attached hydrogens (tertiary/aromatic N) is 4. The van der Waals surface area contributed by atoms with E-state index in [4.69, 9.17) is 4.63 Å². The summed E-state index contributed by atoms with van der Waals surface area (Å²) in [5.74, 6) is 0.0839. The van der Waals surface area contributed by atoms with Gasteiger partial charge in [-0.2, -0.15) is 13.2 Å². The van der Waals surface area contributed by atoms with Crippen LogP contribution < -0.4 is 0 Å². The molecule has 1 unspecified atom stereocenters. The lowest BCUT2D eigenvalue weighted by atomic mass is 9.87. The van der Waals surface area contributed by atoms with E-state index in [-0.39, 0.29) is 17.9 Å².